The van der Waals surface area contributed by atoms with Crippen LogP contribution in [0.2, 0.25) is 0 Å². The first-order valence-corrected chi connectivity index (χ1v) is 7.72. The minimum Gasteiger partial charge on any atom is -0.505 e. The number of benzene rings is 2. The van der Waals surface area contributed by atoms with Gasteiger partial charge in [0.05, 0.1) is 5.69 Å². The topological polar surface area (TPSA) is 70.4 Å². The third-order valence-corrected chi connectivity index (χ3v) is 3.93. The maximum Gasteiger partial charge on any atom is 0.358 e. The quantitative estimate of drug-likeness (QED) is 0.748. The first-order valence-electron chi connectivity index (χ1n) is 7.72. The molecule has 3 rings (SSSR count). The van der Waals surface area contributed by atoms with Gasteiger partial charge < -0.3 is 10.2 Å². The van der Waals surface area contributed by atoms with E-state index in [9.17, 15) is 15.0 Å². The molecule has 2 aromatic carbocycles. The maximum absolute atomic E-state index is 11.3. The lowest BCUT2D eigenvalue weighted by atomic mass is 9.97. The summed E-state index contributed by atoms with van der Waals surface area (Å²) in [7, 11) is 0. The summed E-state index contributed by atoms with van der Waals surface area (Å²) in [6.45, 7) is 2.08. The minimum absolute atomic E-state index is 0.336. The van der Waals surface area contributed by atoms with Crippen LogP contribution >= 0.6 is 0 Å². The van der Waals surface area contributed by atoms with Crippen LogP contribution in [-0.4, -0.2) is 21.2 Å². The molecule has 0 aliphatic carbocycles. The van der Waals surface area contributed by atoms with E-state index in [1.54, 1.807) is 0 Å². The van der Waals surface area contributed by atoms with Crippen molar-refractivity contribution < 1.29 is 15.0 Å². The van der Waals surface area contributed by atoms with Gasteiger partial charge in [-0.25, -0.2) is 9.78 Å². The summed E-state index contributed by atoms with van der Waals surface area (Å²) >= 11 is 0. The lowest BCUT2D eigenvalue weighted by molar-refractivity contribution is 0.0687. The van der Waals surface area contributed by atoms with Gasteiger partial charge in [-0.15, -0.1) is 0 Å². The van der Waals surface area contributed by atoms with Crippen LogP contribution < -0.4 is 0 Å². The maximum atomic E-state index is 11.3. The molecule has 2 N–H and O–H groups in total. The standard InChI is InChI=1S/C20H17NO3/c1-2-13-8-10-14(11-9-13)16-12-17(22)19(20(23)24)21-18(16)15-6-4-3-5-7-15/h3-12,22H,2H2,1H3,(H,23,24). The second-order valence-corrected chi connectivity index (χ2v) is 5.47. The number of carbonyl (C=O) groups is 1. The fourth-order valence-electron chi connectivity index (χ4n) is 2.62. The number of carboxylic acid groups (broad SMARTS) is 1. The van der Waals surface area contributed by atoms with Crippen LogP contribution in [0.3, 0.4) is 0 Å². The van der Waals surface area contributed by atoms with Crippen molar-refractivity contribution in [3.05, 3.63) is 71.9 Å². The lowest BCUT2D eigenvalue weighted by Crippen LogP contribution is -2.03. The molecule has 0 spiro atoms. The van der Waals surface area contributed by atoms with Crippen LogP contribution in [0.25, 0.3) is 22.4 Å². The first kappa shape index (κ1) is 15.7. The molecule has 120 valence electrons. The number of aromatic nitrogens is 1. The SMILES string of the molecule is CCc1ccc(-c2cc(O)c(C(=O)O)nc2-c2ccccc2)cc1. The van der Waals surface area contributed by atoms with Gasteiger partial charge in [0.25, 0.3) is 0 Å². The van der Waals surface area contributed by atoms with Crippen LogP contribution in [0.1, 0.15) is 23.0 Å². The summed E-state index contributed by atoms with van der Waals surface area (Å²) < 4.78 is 0. The Kier molecular flexibility index (Phi) is 4.29. The highest BCUT2D eigenvalue weighted by Gasteiger charge is 2.18. The van der Waals surface area contributed by atoms with Crippen LogP contribution in [-0.2, 0) is 6.42 Å². The zero-order valence-electron chi connectivity index (χ0n) is 13.2. The highest BCUT2D eigenvalue weighted by Crippen LogP contribution is 2.34. The summed E-state index contributed by atoms with van der Waals surface area (Å²) in [5.41, 5.74) is 3.78. The predicted octanol–water partition coefficient (Wildman–Crippen LogP) is 4.38. The van der Waals surface area contributed by atoms with Gasteiger partial charge in [0.15, 0.2) is 5.69 Å². The Labute approximate surface area is 140 Å². The number of nitrogens with zero attached hydrogens (tertiary/aromatic N) is 1. The molecule has 0 bridgehead atoms. The Bertz CT molecular complexity index is 871. The van der Waals surface area contributed by atoms with E-state index in [2.05, 4.69) is 11.9 Å². The highest BCUT2D eigenvalue weighted by atomic mass is 16.4. The van der Waals surface area contributed by atoms with E-state index in [0.717, 1.165) is 17.5 Å². The van der Waals surface area contributed by atoms with Crippen molar-refractivity contribution in [2.45, 2.75) is 13.3 Å². The van der Waals surface area contributed by atoms with E-state index in [4.69, 9.17) is 0 Å². The van der Waals surface area contributed by atoms with Crippen molar-refractivity contribution in [2.24, 2.45) is 0 Å². The van der Waals surface area contributed by atoms with Crippen LogP contribution in [0, 0.1) is 0 Å². The number of aryl methyl sites for hydroxylation is 1. The zero-order valence-corrected chi connectivity index (χ0v) is 13.2. The Hall–Kier alpha value is -3.14. The van der Waals surface area contributed by atoms with E-state index < -0.39 is 5.97 Å². The second kappa shape index (κ2) is 6.54. The van der Waals surface area contributed by atoms with Crippen molar-refractivity contribution in [2.75, 3.05) is 0 Å². The molecule has 0 amide bonds. The summed E-state index contributed by atoms with van der Waals surface area (Å²) in [6, 6.07) is 18.8. The van der Waals surface area contributed by atoms with Crippen LogP contribution in [0.4, 0.5) is 0 Å². The number of carboxylic acids is 1. The third-order valence-electron chi connectivity index (χ3n) is 3.93. The molecule has 0 saturated heterocycles. The number of pyridine rings is 1. The largest absolute Gasteiger partial charge is 0.505 e. The number of aromatic hydroxyl groups is 1. The minimum atomic E-state index is -1.25. The van der Waals surface area contributed by atoms with Gasteiger partial charge >= 0.3 is 5.97 Å². The van der Waals surface area contributed by atoms with Gasteiger partial charge in [0, 0.05) is 11.1 Å². The first-order chi connectivity index (χ1) is 11.6. The fourth-order valence-corrected chi connectivity index (χ4v) is 2.62. The van der Waals surface area contributed by atoms with Crippen LogP contribution in [0.15, 0.2) is 60.7 Å². The van der Waals surface area contributed by atoms with Crippen molar-refractivity contribution >= 4 is 5.97 Å². The molecule has 0 saturated carbocycles. The molecule has 1 aromatic heterocycles. The van der Waals surface area contributed by atoms with Crippen LogP contribution in [0.5, 0.6) is 5.75 Å². The summed E-state index contributed by atoms with van der Waals surface area (Å²) in [4.78, 5) is 15.5. The van der Waals surface area contributed by atoms with Gasteiger partial charge in [-0.2, -0.15) is 0 Å². The number of hydrogen-bond acceptors (Lipinski definition) is 3. The van der Waals surface area contributed by atoms with Crippen molar-refractivity contribution in [3.63, 3.8) is 0 Å². The summed E-state index contributed by atoms with van der Waals surface area (Å²) in [5.74, 6) is -1.59. The zero-order chi connectivity index (χ0) is 17.1. The molecule has 0 aliphatic heterocycles. The van der Waals surface area contributed by atoms with E-state index >= 15 is 0 Å². The lowest BCUT2D eigenvalue weighted by Gasteiger charge is -2.12. The molecule has 0 unspecified atom stereocenters. The molecular formula is C20H17NO3. The Morgan fingerprint density at radius 1 is 1.00 bits per heavy atom. The number of aromatic carboxylic acids is 1. The molecule has 24 heavy (non-hydrogen) atoms. The smallest absolute Gasteiger partial charge is 0.358 e. The fraction of sp³-hybridized carbons (Fsp3) is 0.100. The molecule has 4 nitrogen and oxygen atoms in total. The molecule has 4 heteroatoms. The van der Waals surface area contributed by atoms with Gasteiger partial charge in [0.1, 0.15) is 5.75 Å². The molecule has 0 radical (unpaired) electrons. The number of hydrogen-bond donors (Lipinski definition) is 2. The summed E-state index contributed by atoms with van der Waals surface area (Å²) in [6.07, 6.45) is 0.938. The van der Waals surface area contributed by atoms with Gasteiger partial charge in [-0.05, 0) is 23.6 Å². The van der Waals surface area contributed by atoms with E-state index in [1.165, 1.54) is 11.6 Å². The monoisotopic (exact) mass is 319 g/mol. The average molecular weight is 319 g/mol. The molecule has 3 aromatic rings. The molecule has 0 aliphatic rings. The Morgan fingerprint density at radius 2 is 1.67 bits per heavy atom. The summed E-state index contributed by atoms with van der Waals surface area (Å²) in [5, 5.41) is 19.3. The van der Waals surface area contributed by atoms with E-state index in [-0.39, 0.29) is 11.4 Å². The van der Waals surface area contributed by atoms with Gasteiger partial charge in [-0.1, -0.05) is 61.5 Å². The van der Waals surface area contributed by atoms with E-state index in [0.29, 0.717) is 11.3 Å². The average Bonchev–Trinajstić information content (AvgIpc) is 2.62. The molecule has 1 heterocycles. The van der Waals surface area contributed by atoms with Crippen molar-refractivity contribution in [1.82, 2.24) is 4.98 Å². The highest BCUT2D eigenvalue weighted by molar-refractivity contribution is 5.92. The third kappa shape index (κ3) is 2.99. The predicted molar refractivity (Wildman–Crippen MR) is 93.1 cm³/mol. The second-order valence-electron chi connectivity index (χ2n) is 5.47. The number of rotatable bonds is 4. The molecule has 0 atom stereocenters. The Morgan fingerprint density at radius 3 is 2.25 bits per heavy atom. The van der Waals surface area contributed by atoms with Gasteiger partial charge in [-0.3, -0.25) is 0 Å². The normalized spacial score (nSPS) is 10.5. The molecular weight excluding hydrogens is 302 g/mol. The van der Waals surface area contributed by atoms with E-state index in [1.807, 2.05) is 54.6 Å². The van der Waals surface area contributed by atoms with Gasteiger partial charge in [0.2, 0.25) is 0 Å². The molecule has 0 fully saturated rings. The van der Waals surface area contributed by atoms with Crippen molar-refractivity contribution in [1.29, 1.82) is 0 Å². The van der Waals surface area contributed by atoms with Crippen molar-refractivity contribution in [3.8, 4) is 28.1 Å². The Balaban J connectivity index is 2.23.